The first-order valence-electron chi connectivity index (χ1n) is 27.5. The van der Waals surface area contributed by atoms with Crippen molar-refractivity contribution in [2.24, 2.45) is 0 Å². The van der Waals surface area contributed by atoms with E-state index in [4.69, 9.17) is 24.4 Å². The maximum absolute atomic E-state index is 12.0. The topological polar surface area (TPSA) is 104 Å². The third-order valence-corrected chi connectivity index (χ3v) is 15.2. The molecule has 5 aromatic carbocycles. The zero-order chi connectivity index (χ0) is 56.3. The van der Waals surface area contributed by atoms with Gasteiger partial charge in [0.2, 0.25) is 11.9 Å². The van der Waals surface area contributed by atoms with Crippen molar-refractivity contribution in [3.05, 3.63) is 146 Å². The number of aromatic nitrogens is 3. The molecular formula is C67H89N5O4. The monoisotopic (exact) mass is 1030 g/mol. The predicted molar refractivity (Wildman–Crippen MR) is 314 cm³/mol. The van der Waals surface area contributed by atoms with E-state index >= 15 is 0 Å². The summed E-state index contributed by atoms with van der Waals surface area (Å²) < 4.78 is 13.0. The van der Waals surface area contributed by atoms with E-state index in [1.165, 1.54) is 22.3 Å². The van der Waals surface area contributed by atoms with Gasteiger partial charge in [-0.2, -0.15) is 15.0 Å². The normalized spacial score (nSPS) is 15.2. The van der Waals surface area contributed by atoms with Gasteiger partial charge in [-0.05, 0) is 153 Å². The SMILES string of the molecule is CC(C)(C)c1cc(CN(Cc2cc(C(C)(C)C)c3c(c2)C(C)(C)O3)c2nc(-c3ccccc3)nc(N(Cc3cc(C(C)(C)C)c(O)c(C(C)(C)C)c3)Cc3cc(C(C)(C)C)c4c(c3)C(C)(C)O4)n2)cc(C(C)(C)C)c1O. The average Bonchev–Trinajstić information content (AvgIpc) is 3.27. The molecule has 3 heterocycles. The Morgan fingerprint density at radius 2 is 0.671 bits per heavy atom. The smallest absolute Gasteiger partial charge is 0.231 e. The van der Waals surface area contributed by atoms with Crippen LogP contribution in [0.1, 0.15) is 219 Å². The number of hydrogen-bond acceptors (Lipinski definition) is 9. The van der Waals surface area contributed by atoms with Crippen LogP contribution in [0, 0.1) is 0 Å². The van der Waals surface area contributed by atoms with E-state index in [0.29, 0.717) is 55.4 Å². The number of nitrogens with zero attached hydrogens (tertiary/aromatic N) is 5. The van der Waals surface area contributed by atoms with Gasteiger partial charge in [0.25, 0.3) is 0 Å². The van der Waals surface area contributed by atoms with Crippen molar-refractivity contribution in [3.8, 4) is 34.4 Å². The summed E-state index contributed by atoms with van der Waals surface area (Å²) in [5.41, 5.74) is 11.0. The summed E-state index contributed by atoms with van der Waals surface area (Å²) in [4.78, 5) is 21.2. The zero-order valence-electron chi connectivity index (χ0n) is 50.3. The Balaban J connectivity index is 1.40. The molecule has 0 aliphatic carbocycles. The van der Waals surface area contributed by atoms with Crippen LogP contribution >= 0.6 is 0 Å². The molecule has 1 aromatic heterocycles. The summed E-state index contributed by atoms with van der Waals surface area (Å²) >= 11 is 0. The summed E-state index contributed by atoms with van der Waals surface area (Å²) in [6, 6.07) is 28.1. The van der Waals surface area contributed by atoms with Crippen LogP contribution in [0.2, 0.25) is 0 Å². The van der Waals surface area contributed by atoms with E-state index < -0.39 is 11.2 Å². The van der Waals surface area contributed by atoms with Crippen LogP contribution in [0.3, 0.4) is 0 Å². The maximum atomic E-state index is 12.0. The van der Waals surface area contributed by atoms with Crippen LogP contribution in [-0.2, 0) is 69.9 Å². The Hall–Kier alpha value is -6.09. The molecule has 0 saturated carbocycles. The first-order chi connectivity index (χ1) is 34.7. The fraction of sp³-hybridized carbons (Fsp3) is 0.507. The van der Waals surface area contributed by atoms with Crippen LogP contribution in [0.4, 0.5) is 11.9 Å². The zero-order valence-corrected chi connectivity index (χ0v) is 50.3. The quantitative estimate of drug-likeness (QED) is 0.131. The number of fused-ring (bicyclic) bond motifs is 2. The van der Waals surface area contributed by atoms with E-state index in [2.05, 4.69) is 223 Å². The Bertz CT molecular complexity index is 2920. The Morgan fingerprint density at radius 3 is 0.947 bits per heavy atom. The Morgan fingerprint density at radius 1 is 0.395 bits per heavy atom. The number of benzene rings is 5. The number of phenols is 2. The molecule has 0 bridgehead atoms. The Labute approximate surface area is 456 Å². The third kappa shape index (κ3) is 11.3. The molecule has 2 N–H and O–H groups in total. The molecule has 0 radical (unpaired) electrons. The van der Waals surface area contributed by atoms with Gasteiger partial charge >= 0.3 is 0 Å². The highest BCUT2D eigenvalue weighted by Crippen LogP contribution is 2.52. The first kappa shape index (κ1) is 56.1. The van der Waals surface area contributed by atoms with Crippen LogP contribution in [0.15, 0.2) is 78.9 Å². The van der Waals surface area contributed by atoms with Crippen LogP contribution in [-0.4, -0.2) is 25.2 Å². The van der Waals surface area contributed by atoms with E-state index in [-0.39, 0.29) is 32.5 Å². The number of aromatic hydroxyl groups is 2. The second kappa shape index (κ2) is 18.8. The minimum absolute atomic E-state index is 0.177. The van der Waals surface area contributed by atoms with Crippen LogP contribution in [0.5, 0.6) is 23.0 Å². The summed E-state index contributed by atoms with van der Waals surface area (Å²) in [5.74, 6) is 4.26. The van der Waals surface area contributed by atoms with E-state index in [0.717, 1.165) is 61.6 Å². The van der Waals surface area contributed by atoms with Crippen molar-refractivity contribution in [2.75, 3.05) is 9.80 Å². The van der Waals surface area contributed by atoms with Gasteiger partial charge in [-0.3, -0.25) is 0 Å². The van der Waals surface area contributed by atoms with Gasteiger partial charge in [0, 0.05) is 54.0 Å². The minimum Gasteiger partial charge on any atom is -0.507 e. The predicted octanol–water partition coefficient (Wildman–Crippen LogP) is 16.4. The molecule has 9 heteroatoms. The number of hydrogen-bond donors (Lipinski definition) is 2. The number of rotatable bonds is 11. The van der Waals surface area contributed by atoms with Gasteiger partial charge in [-0.1, -0.05) is 155 Å². The molecular weight excluding hydrogens is 939 g/mol. The lowest BCUT2D eigenvalue weighted by atomic mass is 9.78. The first-order valence-corrected chi connectivity index (χ1v) is 27.5. The molecule has 76 heavy (non-hydrogen) atoms. The fourth-order valence-electron chi connectivity index (χ4n) is 10.8. The van der Waals surface area contributed by atoms with Gasteiger partial charge in [0.1, 0.15) is 34.2 Å². The average molecular weight is 1030 g/mol. The Kier molecular flexibility index (Phi) is 13.9. The van der Waals surface area contributed by atoms with Gasteiger partial charge < -0.3 is 29.5 Å². The molecule has 0 amide bonds. The summed E-state index contributed by atoms with van der Waals surface area (Å²) in [6.45, 7) is 49.8. The van der Waals surface area contributed by atoms with Gasteiger partial charge in [-0.15, -0.1) is 0 Å². The summed E-state index contributed by atoms with van der Waals surface area (Å²) in [5, 5.41) is 23.9. The maximum Gasteiger partial charge on any atom is 0.231 e. The molecule has 0 atom stereocenters. The molecule has 8 rings (SSSR count). The lowest BCUT2D eigenvalue weighted by Gasteiger charge is -2.43. The standard InChI is InChI=1S/C67H89N5O4/c1-60(2,3)45-28-40(29-46(53(45)73)61(4,5)6)36-71(38-42-32-49(64(13,14)15)55-51(34-42)66(19,20)75-55)58-68-57(44-26-24-23-25-27-44)69-59(70-58)72(37-41-30-47(62(7,8)9)54(74)48(31-41)63(10,11)12)39-43-33-50(65(16,17)18)56-52(35-43)67(21,22)76-56/h23-35,73-74H,36-39H2,1-22H3. The van der Waals surface area contributed by atoms with E-state index in [9.17, 15) is 10.2 Å². The molecule has 6 aromatic rings. The second-order valence-corrected chi connectivity index (χ2v) is 29.2. The van der Waals surface area contributed by atoms with Crippen LogP contribution in [0.25, 0.3) is 11.4 Å². The van der Waals surface area contributed by atoms with Crippen molar-refractivity contribution >= 4 is 11.9 Å². The highest BCUT2D eigenvalue weighted by molar-refractivity contribution is 5.62. The van der Waals surface area contributed by atoms with Gasteiger partial charge in [-0.25, -0.2) is 0 Å². The third-order valence-electron chi connectivity index (χ3n) is 15.2. The molecule has 0 spiro atoms. The highest BCUT2D eigenvalue weighted by atomic mass is 16.5. The number of ether oxygens (including phenoxy) is 2. The van der Waals surface area contributed by atoms with Crippen molar-refractivity contribution in [2.45, 2.75) is 222 Å². The van der Waals surface area contributed by atoms with E-state index in [1.807, 2.05) is 18.2 Å². The van der Waals surface area contributed by atoms with Crippen molar-refractivity contribution in [1.29, 1.82) is 0 Å². The molecule has 2 aliphatic heterocycles. The minimum atomic E-state index is -0.432. The molecule has 0 unspecified atom stereocenters. The molecule has 0 saturated heterocycles. The van der Waals surface area contributed by atoms with E-state index in [1.54, 1.807) is 0 Å². The van der Waals surface area contributed by atoms with Crippen molar-refractivity contribution < 1.29 is 19.7 Å². The van der Waals surface area contributed by atoms with Gasteiger partial charge in [0.05, 0.1) is 0 Å². The second-order valence-electron chi connectivity index (χ2n) is 29.2. The molecule has 406 valence electrons. The fourth-order valence-corrected chi connectivity index (χ4v) is 10.8. The molecule has 2 aliphatic rings. The number of anilines is 2. The highest BCUT2D eigenvalue weighted by Gasteiger charge is 2.43. The van der Waals surface area contributed by atoms with Crippen LogP contribution < -0.4 is 19.3 Å². The summed E-state index contributed by atoms with van der Waals surface area (Å²) in [7, 11) is 0. The lowest BCUT2D eigenvalue weighted by Crippen LogP contribution is -2.38. The number of phenolic OH excluding ortho intramolecular Hbond substituents is 2. The van der Waals surface area contributed by atoms with Crippen molar-refractivity contribution in [3.63, 3.8) is 0 Å². The lowest BCUT2D eigenvalue weighted by molar-refractivity contribution is 0.0479. The van der Waals surface area contributed by atoms with Crippen molar-refractivity contribution in [1.82, 2.24) is 15.0 Å². The summed E-state index contributed by atoms with van der Waals surface area (Å²) in [6.07, 6.45) is 0. The van der Waals surface area contributed by atoms with Gasteiger partial charge in [0.15, 0.2) is 5.82 Å². The molecule has 9 nitrogen and oxygen atoms in total. The largest absolute Gasteiger partial charge is 0.507 e. The molecule has 0 fully saturated rings.